The van der Waals surface area contributed by atoms with Crippen LogP contribution in [0.25, 0.3) is 0 Å². The van der Waals surface area contributed by atoms with Crippen LogP contribution in [-0.4, -0.2) is 22.5 Å². The van der Waals surface area contributed by atoms with E-state index in [-0.39, 0.29) is 0 Å². The molecule has 0 saturated carbocycles. The Labute approximate surface area is 104 Å². The number of carbonyl (C=O) groups excluding carboxylic acids is 2. The summed E-state index contributed by atoms with van der Waals surface area (Å²) in [6.07, 6.45) is 4.48. The summed E-state index contributed by atoms with van der Waals surface area (Å²) in [6, 6.07) is 6.57. The Morgan fingerprint density at radius 3 is 1.67 bits per heavy atom. The first-order valence-corrected chi connectivity index (χ1v) is 5.17. The Morgan fingerprint density at radius 1 is 0.833 bits per heavy atom. The highest BCUT2D eigenvalue weighted by molar-refractivity contribution is 5.80. The van der Waals surface area contributed by atoms with E-state index in [0.29, 0.717) is 35.1 Å². The third-order valence-electron chi connectivity index (χ3n) is 2.23. The summed E-state index contributed by atoms with van der Waals surface area (Å²) >= 11 is 0. The van der Waals surface area contributed by atoms with E-state index in [1.54, 1.807) is 36.7 Å². The van der Waals surface area contributed by atoms with Crippen molar-refractivity contribution in [3.63, 3.8) is 0 Å². The fourth-order valence-corrected chi connectivity index (χ4v) is 1.35. The van der Waals surface area contributed by atoms with Crippen molar-refractivity contribution in [1.82, 2.24) is 9.97 Å². The number of pyridine rings is 2. The van der Waals surface area contributed by atoms with Gasteiger partial charge in [-0.05, 0) is 36.1 Å². The Bertz CT molecular complexity index is 599. The summed E-state index contributed by atoms with van der Waals surface area (Å²) in [6.45, 7) is 0. The number of aromatic nitrogens is 2. The summed E-state index contributed by atoms with van der Waals surface area (Å²) < 4.78 is 0. The smallest absolute Gasteiger partial charge is 0.152 e. The predicted octanol–water partition coefficient (Wildman–Crippen LogP) is 1.50. The summed E-state index contributed by atoms with van der Waals surface area (Å²) in [4.78, 5) is 29.6. The van der Waals surface area contributed by atoms with Gasteiger partial charge in [-0.2, -0.15) is 0 Å². The molecule has 0 radical (unpaired) electrons. The maximum Gasteiger partial charge on any atom is 0.152 e. The van der Waals surface area contributed by atoms with Crippen molar-refractivity contribution in [3.8, 4) is 11.8 Å². The van der Waals surface area contributed by atoms with Crippen molar-refractivity contribution in [2.45, 2.75) is 0 Å². The number of carbonyl (C=O) groups is 2. The zero-order valence-corrected chi connectivity index (χ0v) is 9.33. The summed E-state index contributed by atoms with van der Waals surface area (Å²) in [5.41, 5.74) is 1.56. The van der Waals surface area contributed by atoms with Crippen LogP contribution >= 0.6 is 0 Å². The van der Waals surface area contributed by atoms with Gasteiger partial charge < -0.3 is 0 Å². The molecule has 2 rings (SSSR count). The van der Waals surface area contributed by atoms with Gasteiger partial charge in [0.1, 0.15) is 11.4 Å². The topological polar surface area (TPSA) is 59.9 Å². The zero-order valence-electron chi connectivity index (χ0n) is 9.33. The lowest BCUT2D eigenvalue weighted by Gasteiger charge is -1.94. The SMILES string of the molecule is O=Cc1cccnc1C#Cc1ncccc1C=O. The molecule has 0 unspecified atom stereocenters. The van der Waals surface area contributed by atoms with Crippen molar-refractivity contribution in [2.75, 3.05) is 0 Å². The van der Waals surface area contributed by atoms with Gasteiger partial charge in [-0.3, -0.25) is 9.59 Å². The molecule has 0 aliphatic heterocycles. The number of aldehydes is 2. The summed E-state index contributed by atoms with van der Waals surface area (Å²) in [5.74, 6) is 5.48. The first-order chi connectivity index (χ1) is 8.85. The van der Waals surface area contributed by atoms with E-state index in [1.807, 2.05) is 0 Å². The highest BCUT2D eigenvalue weighted by Gasteiger charge is 2.00. The summed E-state index contributed by atoms with van der Waals surface area (Å²) in [5, 5.41) is 0. The minimum absolute atomic E-state index is 0.370. The minimum atomic E-state index is 0.370. The van der Waals surface area contributed by atoms with Crippen LogP contribution in [-0.2, 0) is 0 Å². The van der Waals surface area contributed by atoms with Gasteiger partial charge in [0.05, 0.1) is 0 Å². The van der Waals surface area contributed by atoms with Crippen LogP contribution in [0, 0.1) is 11.8 Å². The minimum Gasteiger partial charge on any atom is -0.298 e. The number of hydrogen-bond acceptors (Lipinski definition) is 4. The van der Waals surface area contributed by atoms with E-state index in [2.05, 4.69) is 21.8 Å². The molecule has 0 bridgehead atoms. The van der Waals surface area contributed by atoms with Crippen LogP contribution < -0.4 is 0 Å². The third-order valence-corrected chi connectivity index (χ3v) is 2.23. The largest absolute Gasteiger partial charge is 0.298 e. The van der Waals surface area contributed by atoms with Gasteiger partial charge in [0, 0.05) is 23.5 Å². The van der Waals surface area contributed by atoms with E-state index >= 15 is 0 Å². The van der Waals surface area contributed by atoms with Gasteiger partial charge in [0.25, 0.3) is 0 Å². The molecule has 18 heavy (non-hydrogen) atoms. The fraction of sp³-hybridized carbons (Fsp3) is 0. The highest BCUT2D eigenvalue weighted by atomic mass is 16.1. The molecule has 0 aliphatic carbocycles. The van der Waals surface area contributed by atoms with Crippen LogP contribution in [0.4, 0.5) is 0 Å². The molecule has 0 aliphatic rings. The van der Waals surface area contributed by atoms with Crippen molar-refractivity contribution >= 4 is 12.6 Å². The fourth-order valence-electron chi connectivity index (χ4n) is 1.35. The molecule has 0 N–H and O–H groups in total. The number of rotatable bonds is 2. The normalized spacial score (nSPS) is 9.11. The second-order valence-electron chi connectivity index (χ2n) is 3.37. The average Bonchev–Trinajstić information content (AvgIpc) is 2.45. The predicted molar refractivity (Wildman–Crippen MR) is 65.2 cm³/mol. The Kier molecular flexibility index (Phi) is 3.57. The molecular weight excluding hydrogens is 228 g/mol. The molecular formula is C14H8N2O2. The molecule has 2 aromatic heterocycles. The number of hydrogen-bond donors (Lipinski definition) is 0. The Morgan fingerprint density at radius 2 is 1.28 bits per heavy atom. The van der Waals surface area contributed by atoms with Crippen LogP contribution in [0.3, 0.4) is 0 Å². The van der Waals surface area contributed by atoms with Gasteiger partial charge in [0.2, 0.25) is 0 Å². The van der Waals surface area contributed by atoms with Crippen LogP contribution in [0.1, 0.15) is 32.1 Å². The molecule has 0 spiro atoms. The Balaban J connectivity index is 2.43. The quantitative estimate of drug-likeness (QED) is 0.585. The third kappa shape index (κ3) is 2.47. The average molecular weight is 236 g/mol. The standard InChI is InChI=1S/C14H8N2O2/c17-9-11-3-1-7-15-13(11)5-6-14-12(10-18)4-2-8-16-14/h1-4,7-10H. The monoisotopic (exact) mass is 236 g/mol. The molecule has 86 valence electrons. The van der Waals surface area contributed by atoms with Gasteiger partial charge in [0.15, 0.2) is 12.6 Å². The lowest BCUT2D eigenvalue weighted by atomic mass is 10.2. The lowest BCUT2D eigenvalue weighted by Crippen LogP contribution is -1.93. The Hall–Kier alpha value is -2.80. The molecule has 4 heteroatoms. The lowest BCUT2D eigenvalue weighted by molar-refractivity contribution is 0.111. The molecule has 4 nitrogen and oxygen atoms in total. The van der Waals surface area contributed by atoms with Crippen molar-refractivity contribution in [3.05, 3.63) is 59.2 Å². The maximum atomic E-state index is 10.8. The van der Waals surface area contributed by atoms with Crippen molar-refractivity contribution in [1.29, 1.82) is 0 Å². The molecule has 0 saturated heterocycles. The van der Waals surface area contributed by atoms with Crippen LogP contribution in [0.15, 0.2) is 36.7 Å². The van der Waals surface area contributed by atoms with E-state index in [9.17, 15) is 9.59 Å². The second-order valence-corrected chi connectivity index (χ2v) is 3.37. The molecule has 0 atom stereocenters. The van der Waals surface area contributed by atoms with E-state index < -0.39 is 0 Å². The molecule has 0 amide bonds. The van der Waals surface area contributed by atoms with Crippen molar-refractivity contribution in [2.24, 2.45) is 0 Å². The molecule has 2 heterocycles. The van der Waals surface area contributed by atoms with Gasteiger partial charge >= 0.3 is 0 Å². The zero-order chi connectivity index (χ0) is 12.8. The van der Waals surface area contributed by atoms with Crippen LogP contribution in [0.5, 0.6) is 0 Å². The van der Waals surface area contributed by atoms with Gasteiger partial charge in [-0.1, -0.05) is 0 Å². The van der Waals surface area contributed by atoms with Gasteiger partial charge in [-0.25, -0.2) is 9.97 Å². The first kappa shape index (κ1) is 11.7. The second kappa shape index (κ2) is 5.51. The van der Waals surface area contributed by atoms with E-state index in [0.717, 1.165) is 0 Å². The van der Waals surface area contributed by atoms with Crippen molar-refractivity contribution < 1.29 is 9.59 Å². The highest BCUT2D eigenvalue weighted by Crippen LogP contribution is 2.03. The summed E-state index contributed by atoms with van der Waals surface area (Å²) in [7, 11) is 0. The van der Waals surface area contributed by atoms with E-state index in [4.69, 9.17) is 0 Å². The maximum absolute atomic E-state index is 10.8. The molecule has 2 aromatic rings. The first-order valence-electron chi connectivity index (χ1n) is 5.17. The van der Waals surface area contributed by atoms with Gasteiger partial charge in [-0.15, -0.1) is 0 Å². The molecule has 0 aromatic carbocycles. The number of nitrogens with zero attached hydrogens (tertiary/aromatic N) is 2. The molecule has 0 fully saturated rings. The van der Waals surface area contributed by atoms with Crippen LogP contribution in [0.2, 0.25) is 0 Å². The van der Waals surface area contributed by atoms with E-state index in [1.165, 1.54) is 0 Å².